The first-order chi connectivity index (χ1) is 19.4. The topological polar surface area (TPSA) is 92.2 Å². The van der Waals surface area contributed by atoms with Gasteiger partial charge in [-0.1, -0.05) is 68.4 Å². The fourth-order valence-electron chi connectivity index (χ4n) is 4.02. The van der Waals surface area contributed by atoms with Gasteiger partial charge in [-0.3, -0.25) is 4.79 Å². The van der Waals surface area contributed by atoms with Gasteiger partial charge < -0.3 is 4.74 Å². The Morgan fingerprint density at radius 2 is 1.65 bits per heavy atom. The molecule has 0 fully saturated rings. The van der Waals surface area contributed by atoms with Crippen LogP contribution in [0, 0.1) is 0 Å². The third kappa shape index (κ3) is 6.93. The van der Waals surface area contributed by atoms with Crippen LogP contribution in [0.2, 0.25) is 0 Å². The Kier molecular flexibility index (Phi) is 10.0. The summed E-state index contributed by atoms with van der Waals surface area (Å²) in [6, 6.07) is 21.0. The molecule has 1 heterocycles. The first-order valence-electron chi connectivity index (χ1n) is 13.4. The maximum absolute atomic E-state index is 13.7. The number of ether oxygens (including phenoxy) is 1. The second-order valence-corrected chi connectivity index (χ2v) is 12.2. The van der Waals surface area contributed by atoms with Crippen molar-refractivity contribution in [3.63, 3.8) is 0 Å². The lowest BCUT2D eigenvalue weighted by molar-refractivity contribution is 0.0987. The molecule has 0 aliphatic rings. The number of hydrazone groups is 1. The van der Waals surface area contributed by atoms with E-state index in [1.54, 1.807) is 17.6 Å². The number of carbonyl (C=O) groups excluding carboxylic acids is 1. The summed E-state index contributed by atoms with van der Waals surface area (Å²) in [4.78, 5) is 18.5. The van der Waals surface area contributed by atoms with Gasteiger partial charge in [0.1, 0.15) is 5.75 Å². The van der Waals surface area contributed by atoms with Crippen molar-refractivity contribution in [1.82, 2.24) is 9.29 Å². The van der Waals surface area contributed by atoms with Crippen LogP contribution in [0.3, 0.4) is 0 Å². The molecular weight excluding hydrogens is 544 g/mol. The van der Waals surface area contributed by atoms with Gasteiger partial charge in [0.2, 0.25) is 15.2 Å². The second kappa shape index (κ2) is 13.6. The summed E-state index contributed by atoms with van der Waals surface area (Å²) in [5.74, 6) is 0.271. The van der Waals surface area contributed by atoms with Crippen molar-refractivity contribution in [1.29, 1.82) is 0 Å². The molecule has 10 heteroatoms. The van der Waals surface area contributed by atoms with E-state index >= 15 is 0 Å². The molecule has 3 aromatic carbocycles. The zero-order valence-electron chi connectivity index (χ0n) is 23.0. The van der Waals surface area contributed by atoms with Crippen LogP contribution in [-0.4, -0.2) is 50.0 Å². The number of benzene rings is 3. The van der Waals surface area contributed by atoms with Crippen molar-refractivity contribution < 1.29 is 17.9 Å². The predicted octanol–water partition coefficient (Wildman–Crippen LogP) is 6.58. The average Bonchev–Trinajstić information content (AvgIpc) is 3.40. The predicted molar refractivity (Wildman–Crippen MR) is 162 cm³/mol. The Labute approximate surface area is 240 Å². The fraction of sp³-hybridized carbons (Fsp3) is 0.300. The van der Waals surface area contributed by atoms with E-state index in [-0.39, 0.29) is 4.90 Å². The number of thiazole rings is 1. The first-order valence-corrected chi connectivity index (χ1v) is 15.6. The second-order valence-electron chi connectivity index (χ2n) is 9.24. The molecule has 0 radical (unpaired) electrons. The minimum absolute atomic E-state index is 0.169. The van der Waals surface area contributed by atoms with Crippen LogP contribution >= 0.6 is 11.3 Å². The number of nitrogens with zero attached hydrogens (tertiary/aromatic N) is 4. The molecule has 1 amide bonds. The molecule has 0 saturated carbocycles. The van der Waals surface area contributed by atoms with E-state index in [4.69, 9.17) is 4.74 Å². The smallest absolute Gasteiger partial charge is 0.280 e. The van der Waals surface area contributed by atoms with Gasteiger partial charge in [-0.2, -0.15) is 14.4 Å². The van der Waals surface area contributed by atoms with Crippen LogP contribution in [0.25, 0.3) is 10.2 Å². The van der Waals surface area contributed by atoms with E-state index in [1.165, 1.54) is 40.6 Å². The molecule has 0 unspecified atom stereocenters. The number of carbonyl (C=O) groups is 1. The molecule has 1 aromatic heterocycles. The van der Waals surface area contributed by atoms with Crippen molar-refractivity contribution in [3.05, 3.63) is 83.9 Å². The highest BCUT2D eigenvalue weighted by atomic mass is 32.2. The standard InChI is InChI=1S/C30H34N4O4S2/c1-4-6-19-33(20-7-5-2)40(36,37)26-16-13-24(14-17-26)29(35)34(31-22-23-11-9-8-10-12-23)30-32-27-18-15-25(38-3)21-28(27)39-30/h8-18,21-22H,4-7,19-20H2,1-3H3/b31-22+. The molecular formula is C30H34N4O4S2. The molecule has 0 bridgehead atoms. The summed E-state index contributed by atoms with van der Waals surface area (Å²) >= 11 is 1.32. The molecule has 210 valence electrons. The number of rotatable bonds is 13. The van der Waals surface area contributed by atoms with E-state index in [1.807, 2.05) is 62.4 Å². The number of hydrogen-bond acceptors (Lipinski definition) is 7. The van der Waals surface area contributed by atoms with Crippen molar-refractivity contribution >= 4 is 48.8 Å². The van der Waals surface area contributed by atoms with Crippen LogP contribution in [0.15, 0.2) is 82.8 Å². The Morgan fingerprint density at radius 1 is 0.975 bits per heavy atom. The fourth-order valence-corrected chi connectivity index (χ4v) is 6.49. The summed E-state index contributed by atoms with van der Waals surface area (Å²) in [7, 11) is -2.08. The zero-order chi connectivity index (χ0) is 28.5. The monoisotopic (exact) mass is 578 g/mol. The Balaban J connectivity index is 1.66. The molecule has 8 nitrogen and oxygen atoms in total. The lowest BCUT2D eigenvalue weighted by atomic mass is 10.2. The molecule has 0 aliphatic carbocycles. The van der Waals surface area contributed by atoms with E-state index < -0.39 is 15.9 Å². The average molecular weight is 579 g/mol. The van der Waals surface area contributed by atoms with Gasteiger partial charge in [0.05, 0.1) is 28.4 Å². The van der Waals surface area contributed by atoms with Gasteiger partial charge in [0, 0.05) is 18.7 Å². The molecule has 0 spiro atoms. The minimum Gasteiger partial charge on any atom is -0.497 e. The van der Waals surface area contributed by atoms with E-state index in [0.29, 0.717) is 35.1 Å². The number of fused-ring (bicyclic) bond motifs is 1. The van der Waals surface area contributed by atoms with Gasteiger partial charge in [-0.15, -0.1) is 0 Å². The Morgan fingerprint density at radius 3 is 2.27 bits per heavy atom. The maximum atomic E-state index is 13.7. The first kappa shape index (κ1) is 29.4. The van der Waals surface area contributed by atoms with Crippen molar-refractivity contribution in [3.8, 4) is 5.75 Å². The van der Waals surface area contributed by atoms with Crippen molar-refractivity contribution in [2.24, 2.45) is 5.10 Å². The number of anilines is 1. The van der Waals surface area contributed by atoms with E-state index in [0.717, 1.165) is 35.9 Å². The molecule has 0 N–H and O–H groups in total. The lowest BCUT2D eigenvalue weighted by Gasteiger charge is -2.22. The van der Waals surface area contributed by atoms with Gasteiger partial charge in [0.15, 0.2) is 0 Å². The zero-order valence-corrected chi connectivity index (χ0v) is 24.6. The van der Waals surface area contributed by atoms with Gasteiger partial charge in [-0.05, 0) is 60.9 Å². The highest BCUT2D eigenvalue weighted by Crippen LogP contribution is 2.32. The Hall–Kier alpha value is -3.60. The molecule has 0 saturated heterocycles. The summed E-state index contributed by atoms with van der Waals surface area (Å²) in [5.41, 5.74) is 1.84. The van der Waals surface area contributed by atoms with Crippen LogP contribution in [0.4, 0.5) is 5.13 Å². The van der Waals surface area contributed by atoms with Gasteiger partial charge in [0.25, 0.3) is 5.91 Å². The molecule has 4 rings (SSSR count). The van der Waals surface area contributed by atoms with E-state index in [9.17, 15) is 13.2 Å². The van der Waals surface area contributed by atoms with Crippen molar-refractivity contribution in [2.75, 3.05) is 25.2 Å². The van der Waals surface area contributed by atoms with Crippen molar-refractivity contribution in [2.45, 2.75) is 44.4 Å². The molecule has 4 aromatic rings. The quantitative estimate of drug-likeness (QED) is 0.132. The summed E-state index contributed by atoms with van der Waals surface area (Å²) in [6.45, 7) is 5.03. The highest BCUT2D eigenvalue weighted by Gasteiger charge is 2.25. The van der Waals surface area contributed by atoms with Gasteiger partial charge >= 0.3 is 0 Å². The number of sulfonamides is 1. The molecule has 0 atom stereocenters. The van der Waals surface area contributed by atoms with Gasteiger partial charge in [-0.25, -0.2) is 13.4 Å². The number of methoxy groups -OCH3 is 1. The normalized spacial score (nSPS) is 11.9. The Bertz CT molecular complexity index is 1540. The number of amides is 1. The van der Waals surface area contributed by atoms with Crippen LogP contribution < -0.4 is 9.75 Å². The summed E-state index contributed by atoms with van der Waals surface area (Å²) < 4.78 is 34.5. The SMILES string of the molecule is CCCCN(CCCC)S(=O)(=O)c1ccc(C(=O)N(/N=C/c2ccccc2)c2nc3ccc(OC)cc3s2)cc1. The molecule has 40 heavy (non-hydrogen) atoms. The maximum Gasteiger partial charge on any atom is 0.280 e. The lowest BCUT2D eigenvalue weighted by Crippen LogP contribution is -2.33. The minimum atomic E-state index is -3.67. The molecule has 0 aliphatic heterocycles. The van der Waals surface area contributed by atoms with Crippen LogP contribution in [0.1, 0.15) is 55.5 Å². The summed E-state index contributed by atoms with van der Waals surface area (Å²) in [6.07, 6.45) is 5.00. The largest absolute Gasteiger partial charge is 0.497 e. The van der Waals surface area contributed by atoms with Crippen LogP contribution in [0.5, 0.6) is 5.75 Å². The number of hydrogen-bond donors (Lipinski definition) is 0. The summed E-state index contributed by atoms with van der Waals surface area (Å²) in [5, 5.41) is 6.14. The number of unbranched alkanes of at least 4 members (excludes halogenated alkanes) is 2. The van der Waals surface area contributed by atoms with Crippen LogP contribution in [-0.2, 0) is 10.0 Å². The third-order valence-electron chi connectivity index (χ3n) is 6.34. The third-order valence-corrected chi connectivity index (χ3v) is 9.25. The number of aromatic nitrogens is 1. The van der Waals surface area contributed by atoms with E-state index in [2.05, 4.69) is 10.1 Å². The highest BCUT2D eigenvalue weighted by molar-refractivity contribution is 7.89.